The number of benzene rings is 1. The number of hydrogen-bond acceptors (Lipinski definition) is 4. The highest BCUT2D eigenvalue weighted by molar-refractivity contribution is 5.79. The van der Waals surface area contributed by atoms with E-state index in [1.54, 1.807) is 23.0 Å². The van der Waals surface area contributed by atoms with Crippen LogP contribution < -0.4 is 5.32 Å². The third-order valence-electron chi connectivity index (χ3n) is 4.33. The molecule has 1 aliphatic heterocycles. The monoisotopic (exact) mass is 324 g/mol. The Hall–Kier alpha value is -2.65. The lowest BCUT2D eigenvalue weighted by Gasteiger charge is -2.30. The standard InChI is InChI=1S/C18H20N4O2/c1-22-16(7-8-21-22)17-15(6-3-9-24-17)18(23)20-12-14-5-2-4-13(10-14)11-19/h2,4-5,7-8,10,15,17H,3,6,9,12H2,1H3,(H,20,23)/t15-,17-/m1/s1. The van der Waals surface area contributed by atoms with Crippen LogP contribution >= 0.6 is 0 Å². The van der Waals surface area contributed by atoms with Crippen LogP contribution in [0.3, 0.4) is 0 Å². The van der Waals surface area contributed by atoms with Gasteiger partial charge in [-0.3, -0.25) is 9.48 Å². The molecule has 1 aromatic carbocycles. The zero-order chi connectivity index (χ0) is 16.9. The van der Waals surface area contributed by atoms with E-state index >= 15 is 0 Å². The second-order valence-electron chi connectivity index (χ2n) is 5.95. The maximum absolute atomic E-state index is 12.7. The van der Waals surface area contributed by atoms with Gasteiger partial charge in [-0.15, -0.1) is 0 Å². The topological polar surface area (TPSA) is 79.9 Å². The van der Waals surface area contributed by atoms with Crippen molar-refractivity contribution in [1.82, 2.24) is 15.1 Å². The van der Waals surface area contributed by atoms with Crippen LogP contribution in [0.4, 0.5) is 0 Å². The van der Waals surface area contributed by atoms with Crippen molar-refractivity contribution in [2.45, 2.75) is 25.5 Å². The molecule has 1 N–H and O–H groups in total. The quantitative estimate of drug-likeness (QED) is 0.934. The van der Waals surface area contributed by atoms with Crippen molar-refractivity contribution in [3.8, 4) is 6.07 Å². The van der Waals surface area contributed by atoms with Gasteiger partial charge in [0.1, 0.15) is 6.10 Å². The Balaban J connectivity index is 1.68. The first kappa shape index (κ1) is 16.2. The largest absolute Gasteiger partial charge is 0.371 e. The van der Waals surface area contributed by atoms with Crippen molar-refractivity contribution in [3.05, 3.63) is 53.3 Å². The van der Waals surface area contributed by atoms with E-state index in [0.29, 0.717) is 18.7 Å². The van der Waals surface area contributed by atoms with Gasteiger partial charge in [0.05, 0.1) is 23.2 Å². The molecule has 1 aliphatic rings. The van der Waals surface area contributed by atoms with Gasteiger partial charge in [0, 0.05) is 26.4 Å². The molecule has 6 nitrogen and oxygen atoms in total. The molecule has 0 unspecified atom stereocenters. The summed E-state index contributed by atoms with van der Waals surface area (Å²) in [6.45, 7) is 1.06. The van der Waals surface area contributed by atoms with Crippen molar-refractivity contribution in [3.63, 3.8) is 0 Å². The number of nitrogens with one attached hydrogen (secondary N) is 1. The first-order chi connectivity index (χ1) is 11.7. The summed E-state index contributed by atoms with van der Waals surface area (Å²) in [7, 11) is 1.86. The van der Waals surface area contributed by atoms with Gasteiger partial charge >= 0.3 is 0 Å². The summed E-state index contributed by atoms with van der Waals surface area (Å²) in [5.41, 5.74) is 2.42. The number of amides is 1. The zero-order valence-electron chi connectivity index (χ0n) is 13.6. The summed E-state index contributed by atoms with van der Waals surface area (Å²) in [6.07, 6.45) is 3.11. The van der Waals surface area contributed by atoms with Crippen LogP contribution in [-0.4, -0.2) is 22.3 Å². The molecule has 0 aliphatic carbocycles. The molecular weight excluding hydrogens is 304 g/mol. The second-order valence-corrected chi connectivity index (χ2v) is 5.95. The van der Waals surface area contributed by atoms with Crippen LogP contribution in [-0.2, 0) is 23.1 Å². The highest BCUT2D eigenvalue weighted by Gasteiger charge is 2.34. The molecule has 1 saturated heterocycles. The van der Waals surface area contributed by atoms with Crippen LogP contribution in [0.25, 0.3) is 0 Å². The number of rotatable bonds is 4. The highest BCUT2D eigenvalue weighted by Crippen LogP contribution is 2.33. The SMILES string of the molecule is Cn1nccc1[C@@H]1OCCC[C@H]1C(=O)NCc1cccc(C#N)c1. The molecule has 1 aromatic heterocycles. The second kappa shape index (κ2) is 7.28. The van der Waals surface area contributed by atoms with Crippen LogP contribution in [0.2, 0.25) is 0 Å². The minimum atomic E-state index is -0.267. The average Bonchev–Trinajstić information content (AvgIpc) is 3.05. The van der Waals surface area contributed by atoms with E-state index in [9.17, 15) is 4.79 Å². The predicted octanol–water partition coefficient (Wildman–Crippen LogP) is 2.08. The van der Waals surface area contributed by atoms with Gasteiger partial charge in [0.2, 0.25) is 5.91 Å². The van der Waals surface area contributed by atoms with E-state index < -0.39 is 0 Å². The van der Waals surface area contributed by atoms with Gasteiger partial charge in [-0.2, -0.15) is 10.4 Å². The van der Waals surface area contributed by atoms with Crippen molar-refractivity contribution in [1.29, 1.82) is 5.26 Å². The molecule has 2 heterocycles. The molecule has 6 heteroatoms. The minimum absolute atomic E-state index is 0.0248. The fourth-order valence-corrected chi connectivity index (χ4v) is 3.08. The smallest absolute Gasteiger partial charge is 0.226 e. The van der Waals surface area contributed by atoms with E-state index in [1.165, 1.54) is 0 Å². The molecule has 124 valence electrons. The molecule has 3 rings (SSSR count). The molecule has 0 spiro atoms. The number of ether oxygens (including phenoxy) is 1. The van der Waals surface area contributed by atoms with Crippen molar-refractivity contribution < 1.29 is 9.53 Å². The molecule has 1 fully saturated rings. The van der Waals surface area contributed by atoms with E-state index in [1.807, 2.05) is 25.2 Å². The maximum Gasteiger partial charge on any atom is 0.226 e. The average molecular weight is 324 g/mol. The third-order valence-corrected chi connectivity index (χ3v) is 4.33. The lowest BCUT2D eigenvalue weighted by atomic mass is 9.91. The van der Waals surface area contributed by atoms with Gasteiger partial charge in [-0.25, -0.2) is 0 Å². The molecule has 1 amide bonds. The first-order valence-corrected chi connectivity index (χ1v) is 8.05. The third kappa shape index (κ3) is 3.47. The van der Waals surface area contributed by atoms with E-state index in [2.05, 4.69) is 16.5 Å². The Kier molecular flexibility index (Phi) is 4.92. The van der Waals surface area contributed by atoms with Crippen molar-refractivity contribution >= 4 is 5.91 Å². The number of nitriles is 1. The summed E-state index contributed by atoms with van der Waals surface area (Å²) in [4.78, 5) is 12.7. The summed E-state index contributed by atoms with van der Waals surface area (Å²) in [5.74, 6) is -0.253. The number of aryl methyl sites for hydroxylation is 1. The lowest BCUT2D eigenvalue weighted by molar-refractivity contribution is -0.135. The highest BCUT2D eigenvalue weighted by atomic mass is 16.5. The fraction of sp³-hybridized carbons (Fsp3) is 0.389. The number of aromatic nitrogens is 2. The maximum atomic E-state index is 12.7. The predicted molar refractivity (Wildman–Crippen MR) is 87.6 cm³/mol. The fourth-order valence-electron chi connectivity index (χ4n) is 3.08. The summed E-state index contributed by atoms with van der Waals surface area (Å²) in [6, 6.07) is 11.3. The van der Waals surface area contributed by atoms with E-state index in [4.69, 9.17) is 10.00 Å². The molecule has 0 bridgehead atoms. The molecule has 2 aromatic rings. The van der Waals surface area contributed by atoms with Crippen LogP contribution in [0.5, 0.6) is 0 Å². The number of carbonyl (C=O) groups excluding carboxylic acids is 1. The van der Waals surface area contributed by atoms with E-state index in [-0.39, 0.29) is 17.9 Å². The lowest BCUT2D eigenvalue weighted by Crippen LogP contribution is -2.37. The molecule has 24 heavy (non-hydrogen) atoms. The summed E-state index contributed by atoms with van der Waals surface area (Å²) in [5, 5.41) is 16.1. The van der Waals surface area contributed by atoms with Gasteiger partial charge in [-0.1, -0.05) is 12.1 Å². The Morgan fingerprint density at radius 1 is 1.50 bits per heavy atom. The molecule has 2 atom stereocenters. The molecule has 0 saturated carbocycles. The Labute approximate surface area is 141 Å². The normalized spacial score (nSPS) is 20.3. The van der Waals surface area contributed by atoms with Crippen LogP contribution in [0.1, 0.15) is 35.8 Å². The van der Waals surface area contributed by atoms with Gasteiger partial charge in [0.15, 0.2) is 0 Å². The number of hydrogen-bond donors (Lipinski definition) is 1. The van der Waals surface area contributed by atoms with Gasteiger partial charge < -0.3 is 10.1 Å². The number of nitrogens with zero attached hydrogens (tertiary/aromatic N) is 3. The Bertz CT molecular complexity index is 762. The first-order valence-electron chi connectivity index (χ1n) is 8.05. The van der Waals surface area contributed by atoms with Crippen molar-refractivity contribution in [2.24, 2.45) is 13.0 Å². The Morgan fingerprint density at radius 3 is 3.12 bits per heavy atom. The van der Waals surface area contributed by atoms with Crippen LogP contribution in [0, 0.1) is 17.2 Å². The molecule has 0 radical (unpaired) electrons. The zero-order valence-corrected chi connectivity index (χ0v) is 13.6. The van der Waals surface area contributed by atoms with Gasteiger partial charge in [-0.05, 0) is 36.6 Å². The van der Waals surface area contributed by atoms with E-state index in [0.717, 1.165) is 24.1 Å². The Morgan fingerprint density at radius 2 is 2.38 bits per heavy atom. The minimum Gasteiger partial charge on any atom is -0.371 e. The summed E-state index contributed by atoms with van der Waals surface area (Å²) >= 11 is 0. The summed E-state index contributed by atoms with van der Waals surface area (Å²) < 4.78 is 7.62. The van der Waals surface area contributed by atoms with Crippen molar-refractivity contribution in [2.75, 3.05) is 6.61 Å². The number of carbonyl (C=O) groups is 1. The molecular formula is C18H20N4O2. The van der Waals surface area contributed by atoms with Gasteiger partial charge in [0.25, 0.3) is 0 Å². The van der Waals surface area contributed by atoms with Crippen LogP contribution in [0.15, 0.2) is 36.5 Å².